The first-order chi connectivity index (χ1) is 7.77. The van der Waals surface area contributed by atoms with Gasteiger partial charge in [-0.15, -0.1) is 0 Å². The van der Waals surface area contributed by atoms with Gasteiger partial charge in [-0.2, -0.15) is 0 Å². The van der Waals surface area contributed by atoms with Crippen molar-refractivity contribution in [2.75, 3.05) is 20.3 Å². The predicted octanol–water partition coefficient (Wildman–Crippen LogP) is 1.80. The second kappa shape index (κ2) is 7.25. The Labute approximate surface area is 97.4 Å². The first-order valence-electron chi connectivity index (χ1n) is 5.71. The van der Waals surface area contributed by atoms with Crippen LogP contribution in [0.3, 0.4) is 0 Å². The molecular weight excluding hydrogens is 202 g/mol. The largest absolute Gasteiger partial charge is 0.496 e. The highest BCUT2D eigenvalue weighted by atomic mass is 16.5. The van der Waals surface area contributed by atoms with Crippen LogP contribution in [0.2, 0.25) is 0 Å². The number of hydrogen-bond donors (Lipinski definition) is 2. The predicted molar refractivity (Wildman–Crippen MR) is 65.6 cm³/mol. The van der Waals surface area contributed by atoms with Crippen LogP contribution in [0.5, 0.6) is 5.75 Å². The third-order valence-corrected chi connectivity index (χ3v) is 2.62. The van der Waals surface area contributed by atoms with E-state index >= 15 is 0 Å². The van der Waals surface area contributed by atoms with Crippen molar-refractivity contribution in [1.29, 1.82) is 0 Å². The zero-order chi connectivity index (χ0) is 11.8. The Hall–Kier alpha value is -1.06. The van der Waals surface area contributed by atoms with Crippen molar-refractivity contribution in [2.24, 2.45) is 5.92 Å². The van der Waals surface area contributed by atoms with Gasteiger partial charge in [-0.25, -0.2) is 0 Å². The topological polar surface area (TPSA) is 41.5 Å². The minimum absolute atomic E-state index is 0.261. The van der Waals surface area contributed by atoms with Crippen molar-refractivity contribution >= 4 is 0 Å². The van der Waals surface area contributed by atoms with Gasteiger partial charge in [0.2, 0.25) is 0 Å². The second-order valence-electron chi connectivity index (χ2n) is 4.06. The van der Waals surface area contributed by atoms with Gasteiger partial charge in [0.15, 0.2) is 0 Å². The number of methoxy groups -OCH3 is 1. The summed E-state index contributed by atoms with van der Waals surface area (Å²) in [6.07, 6.45) is 0.846. The number of rotatable bonds is 7. The van der Waals surface area contributed by atoms with Crippen LogP contribution in [-0.4, -0.2) is 25.4 Å². The first kappa shape index (κ1) is 13.0. The van der Waals surface area contributed by atoms with Crippen molar-refractivity contribution in [3.8, 4) is 5.75 Å². The van der Waals surface area contributed by atoms with Crippen molar-refractivity contribution in [3.63, 3.8) is 0 Å². The molecule has 0 aromatic heterocycles. The maximum absolute atomic E-state index is 8.79. The van der Waals surface area contributed by atoms with Crippen LogP contribution >= 0.6 is 0 Å². The third-order valence-electron chi connectivity index (χ3n) is 2.62. The Morgan fingerprint density at radius 3 is 2.81 bits per heavy atom. The van der Waals surface area contributed by atoms with E-state index in [0.29, 0.717) is 5.92 Å². The minimum Gasteiger partial charge on any atom is -0.496 e. The molecule has 1 aromatic rings. The van der Waals surface area contributed by atoms with Crippen molar-refractivity contribution in [3.05, 3.63) is 29.8 Å². The van der Waals surface area contributed by atoms with Gasteiger partial charge < -0.3 is 15.2 Å². The first-order valence-corrected chi connectivity index (χ1v) is 5.71. The van der Waals surface area contributed by atoms with Crippen molar-refractivity contribution < 1.29 is 9.84 Å². The van der Waals surface area contributed by atoms with Gasteiger partial charge in [-0.1, -0.05) is 25.1 Å². The smallest absolute Gasteiger partial charge is 0.123 e. The molecular formula is C13H21NO2. The van der Waals surface area contributed by atoms with Crippen LogP contribution in [0, 0.1) is 5.92 Å². The Balaban J connectivity index is 2.36. The SMILES string of the molecule is COc1ccccc1CNCC(C)CCO. The van der Waals surface area contributed by atoms with Crippen LogP contribution in [0.1, 0.15) is 18.9 Å². The summed E-state index contributed by atoms with van der Waals surface area (Å²) in [7, 11) is 1.69. The highest BCUT2D eigenvalue weighted by Crippen LogP contribution is 2.16. The summed E-state index contributed by atoms with van der Waals surface area (Å²) in [5, 5.41) is 12.2. The Morgan fingerprint density at radius 1 is 1.38 bits per heavy atom. The Bertz CT molecular complexity index is 302. The van der Waals surface area contributed by atoms with Crippen LogP contribution in [0.25, 0.3) is 0 Å². The summed E-state index contributed by atoms with van der Waals surface area (Å²) < 4.78 is 5.27. The fourth-order valence-corrected chi connectivity index (χ4v) is 1.62. The zero-order valence-electron chi connectivity index (χ0n) is 10.1. The van der Waals surface area contributed by atoms with Crippen LogP contribution in [-0.2, 0) is 6.54 Å². The van der Waals surface area contributed by atoms with Gasteiger partial charge in [0, 0.05) is 18.7 Å². The Morgan fingerprint density at radius 2 is 2.12 bits per heavy atom. The number of aliphatic hydroxyl groups excluding tert-OH is 1. The lowest BCUT2D eigenvalue weighted by atomic mass is 10.1. The van der Waals surface area contributed by atoms with E-state index in [-0.39, 0.29) is 6.61 Å². The van der Waals surface area contributed by atoms with Gasteiger partial charge in [0.1, 0.15) is 5.75 Å². The summed E-state index contributed by atoms with van der Waals surface area (Å²) in [6, 6.07) is 8.00. The van der Waals surface area contributed by atoms with E-state index in [1.165, 1.54) is 5.56 Å². The summed E-state index contributed by atoms with van der Waals surface area (Å²) in [5.74, 6) is 1.42. The summed E-state index contributed by atoms with van der Waals surface area (Å²) in [5.41, 5.74) is 1.17. The molecule has 0 radical (unpaired) electrons. The lowest BCUT2D eigenvalue weighted by Crippen LogP contribution is -2.21. The summed E-state index contributed by atoms with van der Waals surface area (Å²) >= 11 is 0. The number of para-hydroxylation sites is 1. The van der Waals surface area contributed by atoms with Gasteiger partial charge in [0.05, 0.1) is 7.11 Å². The highest BCUT2D eigenvalue weighted by molar-refractivity contribution is 5.32. The number of ether oxygens (including phenoxy) is 1. The molecule has 0 saturated carbocycles. The Kier molecular flexibility index (Phi) is 5.90. The molecule has 1 unspecified atom stereocenters. The standard InChI is InChI=1S/C13H21NO2/c1-11(7-8-15)9-14-10-12-5-3-4-6-13(12)16-2/h3-6,11,14-15H,7-10H2,1-2H3. The monoisotopic (exact) mass is 223 g/mol. The summed E-state index contributed by atoms with van der Waals surface area (Å²) in [4.78, 5) is 0. The zero-order valence-corrected chi connectivity index (χ0v) is 10.1. The van der Waals surface area contributed by atoms with Crippen LogP contribution in [0.4, 0.5) is 0 Å². The molecule has 0 aliphatic heterocycles. The van der Waals surface area contributed by atoms with Gasteiger partial charge >= 0.3 is 0 Å². The minimum atomic E-state index is 0.261. The third kappa shape index (κ3) is 4.21. The molecule has 3 nitrogen and oxygen atoms in total. The van der Waals surface area contributed by atoms with Gasteiger partial charge in [-0.05, 0) is 24.9 Å². The lowest BCUT2D eigenvalue weighted by Gasteiger charge is -2.12. The molecule has 3 heteroatoms. The molecule has 2 N–H and O–H groups in total. The van der Waals surface area contributed by atoms with E-state index in [1.807, 2.05) is 18.2 Å². The molecule has 1 rings (SSSR count). The highest BCUT2D eigenvalue weighted by Gasteiger charge is 2.03. The van der Waals surface area contributed by atoms with Crippen molar-refractivity contribution in [1.82, 2.24) is 5.32 Å². The average Bonchev–Trinajstić information content (AvgIpc) is 2.30. The van der Waals surface area contributed by atoms with E-state index in [2.05, 4.69) is 18.3 Å². The average molecular weight is 223 g/mol. The molecule has 0 fully saturated rings. The molecule has 0 spiro atoms. The van der Waals surface area contributed by atoms with Crippen LogP contribution < -0.4 is 10.1 Å². The fourth-order valence-electron chi connectivity index (χ4n) is 1.62. The maximum Gasteiger partial charge on any atom is 0.123 e. The summed E-state index contributed by atoms with van der Waals surface area (Å²) in [6.45, 7) is 4.11. The normalized spacial score (nSPS) is 12.4. The molecule has 1 atom stereocenters. The molecule has 0 saturated heterocycles. The lowest BCUT2D eigenvalue weighted by molar-refractivity contribution is 0.260. The fraction of sp³-hybridized carbons (Fsp3) is 0.538. The molecule has 0 aliphatic carbocycles. The van der Waals surface area contributed by atoms with E-state index in [0.717, 1.165) is 25.3 Å². The molecule has 0 aliphatic rings. The molecule has 0 amide bonds. The van der Waals surface area contributed by atoms with E-state index in [1.54, 1.807) is 7.11 Å². The second-order valence-corrected chi connectivity index (χ2v) is 4.06. The van der Waals surface area contributed by atoms with E-state index < -0.39 is 0 Å². The van der Waals surface area contributed by atoms with E-state index in [4.69, 9.17) is 9.84 Å². The van der Waals surface area contributed by atoms with Crippen LogP contribution in [0.15, 0.2) is 24.3 Å². The van der Waals surface area contributed by atoms with E-state index in [9.17, 15) is 0 Å². The van der Waals surface area contributed by atoms with Crippen molar-refractivity contribution in [2.45, 2.75) is 19.9 Å². The molecule has 90 valence electrons. The molecule has 0 heterocycles. The number of benzene rings is 1. The quantitative estimate of drug-likeness (QED) is 0.740. The molecule has 0 bridgehead atoms. The molecule has 16 heavy (non-hydrogen) atoms. The number of aliphatic hydroxyl groups is 1. The number of hydrogen-bond acceptors (Lipinski definition) is 3. The van der Waals surface area contributed by atoms with Gasteiger partial charge in [-0.3, -0.25) is 0 Å². The number of nitrogens with one attached hydrogen (secondary N) is 1. The maximum atomic E-state index is 8.79. The molecule has 1 aromatic carbocycles. The van der Waals surface area contributed by atoms with Gasteiger partial charge in [0.25, 0.3) is 0 Å².